The number of carbonyl (C=O) groups excluding carboxylic acids is 1. The van der Waals surface area contributed by atoms with E-state index in [-0.39, 0.29) is 6.61 Å². The molecule has 1 aromatic carbocycles. The zero-order valence-corrected chi connectivity index (χ0v) is 10.1. The topological polar surface area (TPSA) is 42.0 Å². The van der Waals surface area contributed by atoms with Crippen LogP contribution in [0.4, 0.5) is 4.79 Å². The summed E-state index contributed by atoms with van der Waals surface area (Å²) in [5.41, 5.74) is 0.949. The highest BCUT2D eigenvalue weighted by molar-refractivity contribution is 5.70. The van der Waals surface area contributed by atoms with Gasteiger partial charge >= 0.3 is 6.09 Å². The zero-order valence-electron chi connectivity index (χ0n) is 10.1. The zero-order chi connectivity index (χ0) is 13.1. The number of carbonyl (C=O) groups is 1. The molecular weight excluding hydrogens is 244 g/mol. The van der Waals surface area contributed by atoms with Crippen molar-refractivity contribution in [3.05, 3.63) is 72.8 Å². The fourth-order valence-electron chi connectivity index (χ4n) is 1.73. The van der Waals surface area contributed by atoms with Crippen LogP contribution in [0.3, 0.4) is 0 Å². The first-order valence-electron chi connectivity index (χ1n) is 5.84. The Morgan fingerprint density at radius 3 is 2.84 bits per heavy atom. The Labute approximate surface area is 110 Å². The second-order valence-corrected chi connectivity index (χ2v) is 4.02. The van der Waals surface area contributed by atoms with E-state index < -0.39 is 6.09 Å². The number of hydrogen-bond acceptors (Lipinski definition) is 4. The van der Waals surface area contributed by atoms with Crippen molar-refractivity contribution in [2.75, 3.05) is 0 Å². The molecule has 0 atom stereocenters. The Kier molecular flexibility index (Phi) is 2.94. The summed E-state index contributed by atoms with van der Waals surface area (Å²) in [6, 6.07) is 9.54. The summed E-state index contributed by atoms with van der Waals surface area (Å²) < 4.78 is 10.4. The Balaban J connectivity index is 1.60. The van der Waals surface area contributed by atoms with E-state index in [1.54, 1.807) is 36.0 Å². The third kappa shape index (κ3) is 2.44. The second-order valence-electron chi connectivity index (χ2n) is 4.02. The van der Waals surface area contributed by atoms with E-state index in [4.69, 9.17) is 9.47 Å². The molecule has 0 unspecified atom stereocenters. The maximum atomic E-state index is 11.9. The number of benzene rings is 1. The predicted octanol–water partition coefficient (Wildman–Crippen LogP) is 2.71. The lowest BCUT2D eigenvalue weighted by Gasteiger charge is -2.21. The van der Waals surface area contributed by atoms with Crippen LogP contribution in [0.25, 0.3) is 0 Å². The minimum Gasteiger partial charge on any atom is -0.445 e. The average Bonchev–Trinajstić information content (AvgIpc) is 2.93. The summed E-state index contributed by atoms with van der Waals surface area (Å²) in [5.74, 6) is 0.569. The van der Waals surface area contributed by atoms with Gasteiger partial charge in [0.2, 0.25) is 5.88 Å². The van der Waals surface area contributed by atoms with Crippen LogP contribution in [0.1, 0.15) is 5.56 Å². The molecule has 0 fully saturated rings. The van der Waals surface area contributed by atoms with E-state index in [0.717, 1.165) is 5.56 Å². The molecule has 2 aliphatic rings. The number of nitrogens with zero attached hydrogens (tertiary/aromatic N) is 2. The molecule has 5 nitrogen and oxygen atoms in total. The van der Waals surface area contributed by atoms with Gasteiger partial charge in [0.1, 0.15) is 12.9 Å². The monoisotopic (exact) mass is 256 g/mol. The SMILES string of the molecule is O=C(OCc1ccccc1)N1C=CN2C=COC2=C1. The molecule has 0 bridgehead atoms. The molecule has 2 aliphatic heterocycles. The molecule has 2 heterocycles. The van der Waals surface area contributed by atoms with Crippen LogP contribution in [0.2, 0.25) is 0 Å². The number of fused-ring (bicyclic) bond motifs is 1. The molecule has 19 heavy (non-hydrogen) atoms. The molecule has 1 amide bonds. The molecular formula is C14H12N2O3. The Hall–Kier alpha value is -2.69. The van der Waals surface area contributed by atoms with Gasteiger partial charge in [-0.1, -0.05) is 30.3 Å². The first kappa shape index (κ1) is 11.4. The van der Waals surface area contributed by atoms with Gasteiger partial charge in [0, 0.05) is 18.6 Å². The highest BCUT2D eigenvalue weighted by atomic mass is 16.6. The van der Waals surface area contributed by atoms with Gasteiger partial charge in [-0.25, -0.2) is 4.79 Å². The second kappa shape index (κ2) is 4.89. The van der Waals surface area contributed by atoms with E-state index in [1.807, 2.05) is 30.3 Å². The lowest BCUT2D eigenvalue weighted by atomic mass is 10.2. The average molecular weight is 256 g/mol. The number of rotatable bonds is 2. The Morgan fingerprint density at radius 1 is 1.16 bits per heavy atom. The minimum absolute atomic E-state index is 0.246. The van der Waals surface area contributed by atoms with Crippen LogP contribution in [0.15, 0.2) is 67.3 Å². The van der Waals surface area contributed by atoms with Crippen LogP contribution < -0.4 is 0 Å². The van der Waals surface area contributed by atoms with Crippen molar-refractivity contribution >= 4 is 6.09 Å². The van der Waals surface area contributed by atoms with E-state index in [2.05, 4.69) is 0 Å². The van der Waals surface area contributed by atoms with Gasteiger partial charge in [-0.15, -0.1) is 0 Å². The molecule has 1 aromatic rings. The van der Waals surface area contributed by atoms with Crippen molar-refractivity contribution in [2.45, 2.75) is 6.61 Å². The number of ether oxygens (including phenoxy) is 2. The summed E-state index contributed by atoms with van der Waals surface area (Å²) in [5, 5.41) is 0. The van der Waals surface area contributed by atoms with E-state index in [9.17, 15) is 4.79 Å². The van der Waals surface area contributed by atoms with Crippen molar-refractivity contribution in [2.24, 2.45) is 0 Å². The van der Waals surface area contributed by atoms with Crippen LogP contribution >= 0.6 is 0 Å². The molecule has 0 spiro atoms. The summed E-state index contributed by atoms with van der Waals surface area (Å²) in [7, 11) is 0. The first-order valence-corrected chi connectivity index (χ1v) is 5.84. The Bertz CT molecular complexity index is 563. The summed E-state index contributed by atoms with van der Waals surface area (Å²) in [6.07, 6.45) is 7.79. The van der Waals surface area contributed by atoms with Crippen LogP contribution in [-0.2, 0) is 16.1 Å². The van der Waals surface area contributed by atoms with Gasteiger partial charge in [-0.05, 0) is 5.56 Å². The maximum Gasteiger partial charge on any atom is 0.418 e. The number of amides is 1. The molecule has 0 aliphatic carbocycles. The van der Waals surface area contributed by atoms with Crippen molar-refractivity contribution in [3.8, 4) is 0 Å². The largest absolute Gasteiger partial charge is 0.445 e. The van der Waals surface area contributed by atoms with Crippen LogP contribution in [0, 0.1) is 0 Å². The fourth-order valence-corrected chi connectivity index (χ4v) is 1.73. The molecule has 96 valence electrons. The van der Waals surface area contributed by atoms with Crippen molar-refractivity contribution < 1.29 is 14.3 Å². The van der Waals surface area contributed by atoms with Gasteiger partial charge in [-0.2, -0.15) is 0 Å². The lowest BCUT2D eigenvalue weighted by molar-refractivity contribution is 0.118. The standard InChI is InChI=1S/C14H12N2O3/c17-14(19-11-12-4-2-1-3-5-12)16-7-6-15-8-9-18-13(15)10-16/h1-10H,11H2. The molecule has 0 saturated carbocycles. The van der Waals surface area contributed by atoms with Crippen molar-refractivity contribution in [1.82, 2.24) is 9.80 Å². The quantitative estimate of drug-likeness (QED) is 0.816. The van der Waals surface area contributed by atoms with Crippen LogP contribution in [0.5, 0.6) is 0 Å². The summed E-state index contributed by atoms with van der Waals surface area (Å²) >= 11 is 0. The molecule has 0 N–H and O–H groups in total. The lowest BCUT2D eigenvalue weighted by Crippen LogP contribution is -2.26. The smallest absolute Gasteiger partial charge is 0.418 e. The fraction of sp³-hybridized carbons (Fsp3) is 0.0714. The van der Waals surface area contributed by atoms with Gasteiger partial charge in [-0.3, -0.25) is 9.80 Å². The molecule has 5 heteroatoms. The summed E-state index contributed by atoms with van der Waals surface area (Å²) in [4.78, 5) is 15.0. The first-order chi connectivity index (χ1) is 9.33. The highest BCUT2D eigenvalue weighted by Gasteiger charge is 2.20. The van der Waals surface area contributed by atoms with Gasteiger partial charge < -0.3 is 9.47 Å². The van der Waals surface area contributed by atoms with Gasteiger partial charge in [0.25, 0.3) is 0 Å². The van der Waals surface area contributed by atoms with Gasteiger partial charge in [0.15, 0.2) is 0 Å². The molecule has 0 aromatic heterocycles. The molecule has 0 saturated heterocycles. The third-order valence-electron chi connectivity index (χ3n) is 2.72. The molecule has 0 radical (unpaired) electrons. The molecule has 3 rings (SSSR count). The minimum atomic E-state index is -0.442. The van der Waals surface area contributed by atoms with E-state index in [1.165, 1.54) is 4.90 Å². The van der Waals surface area contributed by atoms with Crippen LogP contribution in [-0.4, -0.2) is 15.9 Å². The number of hydrogen-bond donors (Lipinski definition) is 0. The third-order valence-corrected chi connectivity index (χ3v) is 2.72. The van der Waals surface area contributed by atoms with E-state index in [0.29, 0.717) is 5.88 Å². The van der Waals surface area contributed by atoms with Gasteiger partial charge in [0.05, 0.1) is 6.20 Å². The summed E-state index contributed by atoms with van der Waals surface area (Å²) in [6.45, 7) is 0.246. The normalized spacial score (nSPS) is 15.9. The van der Waals surface area contributed by atoms with Crippen molar-refractivity contribution in [3.63, 3.8) is 0 Å². The van der Waals surface area contributed by atoms with E-state index >= 15 is 0 Å². The maximum absolute atomic E-state index is 11.9. The predicted molar refractivity (Wildman–Crippen MR) is 67.8 cm³/mol. The Morgan fingerprint density at radius 2 is 2.00 bits per heavy atom. The highest BCUT2D eigenvalue weighted by Crippen LogP contribution is 2.21. The van der Waals surface area contributed by atoms with Crippen molar-refractivity contribution in [1.29, 1.82) is 0 Å².